The molecule has 0 N–H and O–H groups in total. The molecule has 0 aromatic heterocycles. The fourth-order valence-corrected chi connectivity index (χ4v) is 2.89. The fraction of sp³-hybridized carbons (Fsp3) is 0.222. The van der Waals surface area contributed by atoms with E-state index in [0.717, 1.165) is 18.1 Å². The van der Waals surface area contributed by atoms with Gasteiger partial charge in [-0.05, 0) is 18.1 Å². The third-order valence-corrected chi connectivity index (χ3v) is 4.26. The predicted molar refractivity (Wildman–Crippen MR) is 89.3 cm³/mol. The topological polar surface area (TPSA) is 89.8 Å². The lowest BCUT2D eigenvalue weighted by molar-refractivity contribution is -0.384. The lowest BCUT2D eigenvalue weighted by atomic mass is 9.93. The summed E-state index contributed by atoms with van der Waals surface area (Å²) in [5.41, 5.74) is 0.788. The second kappa shape index (κ2) is 6.72. The number of nitro groups is 1. The molecule has 0 radical (unpaired) electrons. The Hall–Kier alpha value is -3.22. The number of methoxy groups -OCH3 is 1. The van der Waals surface area contributed by atoms with Crippen molar-refractivity contribution in [3.05, 3.63) is 75.3 Å². The highest BCUT2D eigenvalue weighted by molar-refractivity contribution is 5.99. The molecule has 0 saturated carbocycles. The van der Waals surface area contributed by atoms with Crippen molar-refractivity contribution in [3.63, 3.8) is 0 Å². The van der Waals surface area contributed by atoms with Gasteiger partial charge in [-0.3, -0.25) is 14.9 Å². The number of rotatable bonds is 4. The number of nitro benzene ring substituents is 1. The van der Waals surface area contributed by atoms with Crippen LogP contribution in [-0.4, -0.2) is 35.4 Å². The lowest BCUT2D eigenvalue weighted by Gasteiger charge is -2.41. The first kappa shape index (κ1) is 16.6. The van der Waals surface area contributed by atoms with Crippen molar-refractivity contribution >= 4 is 17.6 Å². The maximum atomic E-state index is 12.8. The van der Waals surface area contributed by atoms with Crippen LogP contribution in [0.1, 0.15) is 38.7 Å². The molecule has 1 atom stereocenters. The Morgan fingerprint density at radius 3 is 2.40 bits per heavy atom. The van der Waals surface area contributed by atoms with E-state index in [1.54, 1.807) is 4.90 Å². The standard InChI is InChI=1S/C18H16N2O5/c1-25-18(22)14-9-13(10-15(11-14)20(23)24)17(21)19-8-7-16(19)12-5-3-2-4-6-12/h2-6,9-11,16H,7-8H2,1H3. The molecule has 2 aromatic carbocycles. The van der Waals surface area contributed by atoms with Crippen LogP contribution in [0, 0.1) is 10.1 Å². The largest absolute Gasteiger partial charge is 0.465 e. The second-order valence-electron chi connectivity index (χ2n) is 5.73. The molecule has 7 nitrogen and oxygen atoms in total. The monoisotopic (exact) mass is 340 g/mol. The molecule has 7 heteroatoms. The first-order valence-electron chi connectivity index (χ1n) is 7.75. The maximum absolute atomic E-state index is 12.8. The van der Waals surface area contributed by atoms with E-state index in [2.05, 4.69) is 4.74 Å². The van der Waals surface area contributed by atoms with E-state index in [1.807, 2.05) is 30.3 Å². The smallest absolute Gasteiger partial charge is 0.338 e. The van der Waals surface area contributed by atoms with Crippen LogP contribution in [0.3, 0.4) is 0 Å². The summed E-state index contributed by atoms with van der Waals surface area (Å²) in [5, 5.41) is 11.1. The molecule has 1 heterocycles. The molecule has 1 unspecified atom stereocenters. The molecular weight excluding hydrogens is 324 g/mol. The minimum atomic E-state index is -0.721. The van der Waals surface area contributed by atoms with Crippen molar-refractivity contribution in [1.82, 2.24) is 4.90 Å². The first-order valence-corrected chi connectivity index (χ1v) is 7.75. The number of carbonyl (C=O) groups is 2. The minimum Gasteiger partial charge on any atom is -0.465 e. The van der Waals surface area contributed by atoms with E-state index >= 15 is 0 Å². The molecule has 0 spiro atoms. The van der Waals surface area contributed by atoms with Crippen molar-refractivity contribution in [2.24, 2.45) is 0 Å². The molecule has 3 rings (SSSR count). The van der Waals surface area contributed by atoms with Crippen LogP contribution in [0.5, 0.6) is 0 Å². The van der Waals surface area contributed by atoms with Crippen LogP contribution >= 0.6 is 0 Å². The molecule has 2 aromatic rings. The normalized spacial score (nSPS) is 16.0. The molecule has 1 aliphatic rings. The fourth-order valence-electron chi connectivity index (χ4n) is 2.89. The third kappa shape index (κ3) is 3.21. The Bertz CT molecular complexity index is 835. The van der Waals surface area contributed by atoms with Crippen LogP contribution in [-0.2, 0) is 4.74 Å². The summed E-state index contributed by atoms with van der Waals surface area (Å²) >= 11 is 0. The Morgan fingerprint density at radius 1 is 1.16 bits per heavy atom. The van der Waals surface area contributed by atoms with Gasteiger partial charge in [0.15, 0.2) is 0 Å². The van der Waals surface area contributed by atoms with Crippen LogP contribution in [0.15, 0.2) is 48.5 Å². The van der Waals surface area contributed by atoms with Crippen molar-refractivity contribution in [3.8, 4) is 0 Å². The number of nitrogens with zero attached hydrogens (tertiary/aromatic N) is 2. The molecule has 1 saturated heterocycles. The lowest BCUT2D eigenvalue weighted by Crippen LogP contribution is -2.45. The van der Waals surface area contributed by atoms with Crippen molar-refractivity contribution in [2.75, 3.05) is 13.7 Å². The molecule has 1 fully saturated rings. The number of carbonyl (C=O) groups excluding carboxylic acids is 2. The van der Waals surface area contributed by atoms with Gasteiger partial charge in [0, 0.05) is 24.2 Å². The van der Waals surface area contributed by atoms with Crippen LogP contribution < -0.4 is 0 Å². The Morgan fingerprint density at radius 2 is 1.84 bits per heavy atom. The van der Waals surface area contributed by atoms with E-state index in [9.17, 15) is 19.7 Å². The van der Waals surface area contributed by atoms with Gasteiger partial charge in [-0.15, -0.1) is 0 Å². The number of likely N-dealkylation sites (tertiary alicyclic amines) is 1. The van der Waals surface area contributed by atoms with Crippen molar-refractivity contribution < 1.29 is 19.2 Å². The van der Waals surface area contributed by atoms with Gasteiger partial charge in [0.1, 0.15) is 0 Å². The number of non-ortho nitro benzene ring substituents is 1. The number of esters is 1. The summed E-state index contributed by atoms with van der Waals surface area (Å²) in [7, 11) is 1.18. The number of benzene rings is 2. The van der Waals surface area contributed by atoms with Gasteiger partial charge < -0.3 is 9.64 Å². The van der Waals surface area contributed by atoms with Gasteiger partial charge in [0.05, 0.1) is 23.6 Å². The Kier molecular flexibility index (Phi) is 4.47. The number of hydrogen-bond donors (Lipinski definition) is 0. The van der Waals surface area contributed by atoms with E-state index in [1.165, 1.54) is 19.2 Å². The quantitative estimate of drug-likeness (QED) is 0.485. The van der Waals surface area contributed by atoms with Gasteiger partial charge in [-0.25, -0.2) is 4.79 Å². The highest BCUT2D eigenvalue weighted by Crippen LogP contribution is 2.34. The second-order valence-corrected chi connectivity index (χ2v) is 5.73. The summed E-state index contributed by atoms with van der Waals surface area (Å²) < 4.78 is 4.61. The third-order valence-electron chi connectivity index (χ3n) is 4.26. The molecule has 0 aliphatic carbocycles. The van der Waals surface area contributed by atoms with Gasteiger partial charge in [0.25, 0.3) is 11.6 Å². The van der Waals surface area contributed by atoms with Crippen molar-refractivity contribution in [2.45, 2.75) is 12.5 Å². The van der Waals surface area contributed by atoms with Crippen LogP contribution in [0.2, 0.25) is 0 Å². The zero-order valence-corrected chi connectivity index (χ0v) is 13.5. The zero-order chi connectivity index (χ0) is 18.0. The molecular formula is C18H16N2O5. The Balaban J connectivity index is 1.92. The van der Waals surface area contributed by atoms with E-state index < -0.39 is 10.9 Å². The van der Waals surface area contributed by atoms with Crippen molar-refractivity contribution in [1.29, 1.82) is 0 Å². The molecule has 1 aliphatic heterocycles. The minimum absolute atomic E-state index is 0.0168. The average molecular weight is 340 g/mol. The van der Waals surface area contributed by atoms with Crippen LogP contribution in [0.25, 0.3) is 0 Å². The average Bonchev–Trinajstić information content (AvgIpc) is 2.60. The molecule has 1 amide bonds. The van der Waals surface area contributed by atoms with Gasteiger partial charge in [-0.2, -0.15) is 0 Å². The number of ether oxygens (including phenoxy) is 1. The number of hydrogen-bond acceptors (Lipinski definition) is 5. The van der Waals surface area contributed by atoms with E-state index in [4.69, 9.17) is 0 Å². The molecule has 0 bridgehead atoms. The molecule has 128 valence electrons. The number of amides is 1. The maximum Gasteiger partial charge on any atom is 0.338 e. The highest BCUT2D eigenvalue weighted by Gasteiger charge is 2.34. The summed E-state index contributed by atoms with van der Waals surface area (Å²) in [6.07, 6.45) is 0.828. The summed E-state index contributed by atoms with van der Waals surface area (Å²) in [5.74, 6) is -1.06. The SMILES string of the molecule is COC(=O)c1cc(C(=O)N2CCC2c2ccccc2)cc([N+](=O)[O-])c1. The first-order chi connectivity index (χ1) is 12.0. The summed E-state index contributed by atoms with van der Waals surface area (Å²) in [4.78, 5) is 36.7. The zero-order valence-electron chi connectivity index (χ0n) is 13.5. The highest BCUT2D eigenvalue weighted by atomic mass is 16.6. The van der Waals surface area contributed by atoms with Gasteiger partial charge >= 0.3 is 5.97 Å². The van der Waals surface area contributed by atoms with Gasteiger partial charge in [0.2, 0.25) is 0 Å². The predicted octanol–water partition coefficient (Wildman–Crippen LogP) is 2.97. The van der Waals surface area contributed by atoms with Crippen LogP contribution in [0.4, 0.5) is 5.69 Å². The van der Waals surface area contributed by atoms with Gasteiger partial charge in [-0.1, -0.05) is 30.3 Å². The summed E-state index contributed by atoms with van der Waals surface area (Å²) in [6.45, 7) is 0.564. The summed E-state index contributed by atoms with van der Waals surface area (Å²) in [6, 6.07) is 13.2. The van der Waals surface area contributed by atoms with E-state index in [0.29, 0.717) is 6.54 Å². The Labute approximate surface area is 144 Å². The molecule has 25 heavy (non-hydrogen) atoms. The van der Waals surface area contributed by atoms with E-state index in [-0.39, 0.29) is 28.8 Å².